The molecule has 1 aliphatic heterocycles. The summed E-state index contributed by atoms with van der Waals surface area (Å²) in [5.74, 6) is 0.413. The Morgan fingerprint density at radius 1 is 1.36 bits per heavy atom. The van der Waals surface area contributed by atoms with Crippen molar-refractivity contribution < 1.29 is 13.2 Å². The summed E-state index contributed by atoms with van der Waals surface area (Å²) in [5.41, 5.74) is 2.54. The fourth-order valence-corrected chi connectivity index (χ4v) is 4.51. The molecule has 1 amide bonds. The van der Waals surface area contributed by atoms with Crippen molar-refractivity contribution >= 4 is 27.3 Å². The van der Waals surface area contributed by atoms with E-state index in [9.17, 15) is 13.2 Å². The van der Waals surface area contributed by atoms with Gasteiger partial charge in [0.2, 0.25) is 15.9 Å². The minimum Gasteiger partial charge on any atom is -0.326 e. The number of nitrogens with one attached hydrogen (secondary N) is 1. The second-order valence-electron chi connectivity index (χ2n) is 6.10. The van der Waals surface area contributed by atoms with E-state index in [0.29, 0.717) is 13.0 Å². The molecule has 0 atom stereocenters. The monoisotopic (exact) mass is 322 g/mol. The van der Waals surface area contributed by atoms with Gasteiger partial charge in [0.05, 0.1) is 11.4 Å². The highest BCUT2D eigenvalue weighted by Crippen LogP contribution is 2.33. The van der Waals surface area contributed by atoms with Crippen LogP contribution >= 0.6 is 0 Å². The second-order valence-corrected chi connectivity index (χ2v) is 8.11. The molecular weight excluding hydrogens is 300 g/mol. The number of aryl methyl sites for hydroxylation is 1. The van der Waals surface area contributed by atoms with Crippen molar-refractivity contribution in [2.75, 3.05) is 21.9 Å². The van der Waals surface area contributed by atoms with Crippen LogP contribution in [0, 0.1) is 5.92 Å². The fraction of sp³-hybridized carbons (Fsp3) is 0.562. The third-order valence-electron chi connectivity index (χ3n) is 4.17. The van der Waals surface area contributed by atoms with Crippen molar-refractivity contribution in [2.24, 2.45) is 5.92 Å². The zero-order valence-electron chi connectivity index (χ0n) is 12.8. The lowest BCUT2D eigenvalue weighted by Crippen LogP contribution is -2.37. The molecule has 0 radical (unpaired) electrons. The standard InChI is InChI=1S/C16H22N2O3S/c1-2-10-22(20,21)18-9-3-4-13-11-14(7-8-15(13)18)17-16(19)12-5-6-12/h7-8,11-12H,2-6,9-10H2,1H3,(H,17,19). The quantitative estimate of drug-likeness (QED) is 0.906. The largest absolute Gasteiger partial charge is 0.326 e. The van der Waals surface area contributed by atoms with Crippen LogP contribution in [0.4, 0.5) is 11.4 Å². The lowest BCUT2D eigenvalue weighted by Gasteiger charge is -2.30. The van der Waals surface area contributed by atoms with Gasteiger partial charge in [-0.1, -0.05) is 6.92 Å². The summed E-state index contributed by atoms with van der Waals surface area (Å²) < 4.78 is 26.3. The molecule has 1 saturated carbocycles. The molecule has 1 aromatic rings. The normalized spacial score (nSPS) is 18.0. The molecule has 120 valence electrons. The second kappa shape index (κ2) is 5.91. The summed E-state index contributed by atoms with van der Waals surface area (Å²) in [5, 5.41) is 2.93. The average Bonchev–Trinajstić information content (AvgIpc) is 3.31. The Hall–Kier alpha value is -1.56. The highest BCUT2D eigenvalue weighted by atomic mass is 32.2. The highest BCUT2D eigenvalue weighted by Gasteiger charge is 2.30. The Morgan fingerprint density at radius 3 is 2.82 bits per heavy atom. The molecule has 0 spiro atoms. The molecule has 6 heteroatoms. The van der Waals surface area contributed by atoms with Crippen LogP contribution in [0.1, 0.15) is 38.2 Å². The van der Waals surface area contributed by atoms with Gasteiger partial charge in [0, 0.05) is 18.2 Å². The average molecular weight is 322 g/mol. The molecule has 5 nitrogen and oxygen atoms in total. The van der Waals surface area contributed by atoms with Gasteiger partial charge in [0.15, 0.2) is 0 Å². The molecule has 0 unspecified atom stereocenters. The summed E-state index contributed by atoms with van der Waals surface area (Å²) in [6.07, 6.45) is 4.22. The van der Waals surface area contributed by atoms with Crippen molar-refractivity contribution in [1.82, 2.24) is 0 Å². The SMILES string of the molecule is CCCS(=O)(=O)N1CCCc2cc(NC(=O)C3CC3)ccc21. The van der Waals surface area contributed by atoms with Gasteiger partial charge < -0.3 is 5.32 Å². The van der Waals surface area contributed by atoms with E-state index < -0.39 is 10.0 Å². The molecule has 0 bridgehead atoms. The maximum absolute atomic E-state index is 12.4. The Kier molecular flexibility index (Phi) is 4.12. The van der Waals surface area contributed by atoms with Gasteiger partial charge in [0.25, 0.3) is 0 Å². The zero-order chi connectivity index (χ0) is 15.7. The first-order chi connectivity index (χ1) is 10.5. The lowest BCUT2D eigenvalue weighted by molar-refractivity contribution is -0.117. The van der Waals surface area contributed by atoms with Gasteiger partial charge in [-0.25, -0.2) is 8.42 Å². The first kappa shape index (κ1) is 15.3. The molecule has 2 aliphatic rings. The van der Waals surface area contributed by atoms with Crippen LogP contribution in [0.3, 0.4) is 0 Å². The Labute approximate surface area is 131 Å². The van der Waals surface area contributed by atoms with Gasteiger partial charge in [-0.05, 0) is 55.9 Å². The third-order valence-corrected chi connectivity index (χ3v) is 6.14. The zero-order valence-corrected chi connectivity index (χ0v) is 13.7. The van der Waals surface area contributed by atoms with Crippen LogP contribution in [-0.2, 0) is 21.2 Å². The van der Waals surface area contributed by atoms with Crippen LogP contribution in [0.15, 0.2) is 18.2 Å². The molecule has 22 heavy (non-hydrogen) atoms. The maximum atomic E-state index is 12.4. The van der Waals surface area contributed by atoms with E-state index in [2.05, 4.69) is 5.32 Å². The summed E-state index contributed by atoms with van der Waals surface area (Å²) in [6, 6.07) is 5.55. The molecule has 0 aromatic heterocycles. The van der Waals surface area contributed by atoms with Gasteiger partial charge >= 0.3 is 0 Å². The third kappa shape index (κ3) is 3.11. The predicted octanol–water partition coefficient (Wildman–Crippen LogP) is 2.53. The number of carbonyl (C=O) groups is 1. The van der Waals surface area contributed by atoms with Crippen LogP contribution in [0.2, 0.25) is 0 Å². The van der Waals surface area contributed by atoms with E-state index in [4.69, 9.17) is 0 Å². The van der Waals surface area contributed by atoms with Crippen molar-refractivity contribution in [1.29, 1.82) is 0 Å². The van der Waals surface area contributed by atoms with Crippen molar-refractivity contribution in [3.8, 4) is 0 Å². The van der Waals surface area contributed by atoms with Gasteiger partial charge in [-0.15, -0.1) is 0 Å². The Balaban J connectivity index is 1.84. The lowest BCUT2D eigenvalue weighted by atomic mass is 10.0. The first-order valence-electron chi connectivity index (χ1n) is 7.95. The molecule has 1 N–H and O–H groups in total. The minimum absolute atomic E-state index is 0.0752. The number of carbonyl (C=O) groups excluding carboxylic acids is 1. The smallest absolute Gasteiger partial charge is 0.235 e. The number of anilines is 2. The number of hydrogen-bond donors (Lipinski definition) is 1. The van der Waals surface area contributed by atoms with Gasteiger partial charge in [-0.3, -0.25) is 9.10 Å². The number of benzene rings is 1. The number of sulfonamides is 1. The molecule has 1 heterocycles. The fourth-order valence-electron chi connectivity index (χ4n) is 2.89. The van der Waals surface area contributed by atoms with Crippen molar-refractivity contribution in [3.63, 3.8) is 0 Å². The number of hydrogen-bond acceptors (Lipinski definition) is 3. The Bertz CT molecular complexity index is 681. The maximum Gasteiger partial charge on any atom is 0.235 e. The van der Waals surface area contributed by atoms with E-state index in [1.165, 1.54) is 4.31 Å². The summed E-state index contributed by atoms with van der Waals surface area (Å²) in [6.45, 7) is 2.42. The molecule has 1 fully saturated rings. The number of rotatable bonds is 5. The number of nitrogens with zero attached hydrogens (tertiary/aromatic N) is 1. The summed E-state index contributed by atoms with van der Waals surface area (Å²) in [4.78, 5) is 11.8. The van der Waals surface area contributed by atoms with Crippen molar-refractivity contribution in [3.05, 3.63) is 23.8 Å². The molecule has 0 saturated heterocycles. The Morgan fingerprint density at radius 2 is 2.14 bits per heavy atom. The number of fused-ring (bicyclic) bond motifs is 1. The van der Waals surface area contributed by atoms with E-state index in [0.717, 1.165) is 42.6 Å². The molecular formula is C16H22N2O3S. The molecule has 1 aromatic carbocycles. The van der Waals surface area contributed by atoms with Crippen LogP contribution < -0.4 is 9.62 Å². The summed E-state index contributed by atoms with van der Waals surface area (Å²) >= 11 is 0. The van der Waals surface area contributed by atoms with Crippen LogP contribution in [-0.4, -0.2) is 26.6 Å². The van der Waals surface area contributed by atoms with E-state index in [1.54, 1.807) is 6.07 Å². The van der Waals surface area contributed by atoms with E-state index in [-0.39, 0.29) is 17.6 Å². The van der Waals surface area contributed by atoms with Crippen molar-refractivity contribution in [2.45, 2.75) is 39.0 Å². The highest BCUT2D eigenvalue weighted by molar-refractivity contribution is 7.92. The topological polar surface area (TPSA) is 66.5 Å². The van der Waals surface area contributed by atoms with E-state index >= 15 is 0 Å². The molecule has 3 rings (SSSR count). The number of amides is 1. The minimum atomic E-state index is -3.24. The van der Waals surface area contributed by atoms with E-state index in [1.807, 2.05) is 19.1 Å². The van der Waals surface area contributed by atoms with Crippen LogP contribution in [0.5, 0.6) is 0 Å². The first-order valence-corrected chi connectivity index (χ1v) is 9.56. The summed E-state index contributed by atoms with van der Waals surface area (Å²) in [7, 11) is -3.24. The van der Waals surface area contributed by atoms with Gasteiger partial charge in [0.1, 0.15) is 0 Å². The van der Waals surface area contributed by atoms with Crippen LogP contribution in [0.25, 0.3) is 0 Å². The molecule has 1 aliphatic carbocycles. The predicted molar refractivity (Wildman–Crippen MR) is 87.5 cm³/mol. The van der Waals surface area contributed by atoms with Gasteiger partial charge in [-0.2, -0.15) is 0 Å².